The molecule has 2 rings (SSSR count). The van der Waals surface area contributed by atoms with Gasteiger partial charge in [0, 0.05) is 23.3 Å². The summed E-state index contributed by atoms with van der Waals surface area (Å²) in [5.74, 6) is 0. The SMILES string of the molecule is O=[N+]([O-])c1ccccc1CCCCc1ccccc1[N+](=O)[O-]. The Morgan fingerprint density at radius 3 is 1.41 bits per heavy atom. The van der Waals surface area contributed by atoms with E-state index in [-0.39, 0.29) is 21.2 Å². The van der Waals surface area contributed by atoms with Gasteiger partial charge in [-0.15, -0.1) is 0 Å². The van der Waals surface area contributed by atoms with Crippen LogP contribution < -0.4 is 0 Å². The highest BCUT2D eigenvalue weighted by Gasteiger charge is 2.13. The van der Waals surface area contributed by atoms with E-state index in [0.717, 1.165) is 12.8 Å². The summed E-state index contributed by atoms with van der Waals surface area (Å²) in [6, 6.07) is 13.4. The minimum absolute atomic E-state index is 0.133. The van der Waals surface area contributed by atoms with Gasteiger partial charge in [0.1, 0.15) is 0 Å². The second-order valence-corrected chi connectivity index (χ2v) is 4.98. The molecule has 0 saturated carbocycles. The van der Waals surface area contributed by atoms with E-state index in [1.54, 1.807) is 36.4 Å². The Bertz CT molecular complexity index is 626. The average molecular weight is 300 g/mol. The summed E-state index contributed by atoms with van der Waals surface area (Å²) in [6.07, 6.45) is 2.68. The smallest absolute Gasteiger partial charge is 0.258 e. The van der Waals surface area contributed by atoms with Crippen molar-refractivity contribution in [2.24, 2.45) is 0 Å². The molecule has 0 aliphatic heterocycles. The van der Waals surface area contributed by atoms with Crippen LogP contribution in [0.5, 0.6) is 0 Å². The Morgan fingerprint density at radius 2 is 1.05 bits per heavy atom. The van der Waals surface area contributed by atoms with Crippen molar-refractivity contribution < 1.29 is 9.85 Å². The van der Waals surface area contributed by atoms with Crippen LogP contribution in [0.1, 0.15) is 24.0 Å². The van der Waals surface area contributed by atoms with E-state index in [1.165, 1.54) is 12.1 Å². The molecule has 0 atom stereocenters. The van der Waals surface area contributed by atoms with Gasteiger partial charge < -0.3 is 0 Å². The predicted octanol–water partition coefficient (Wildman–Crippen LogP) is 4.07. The Labute approximate surface area is 127 Å². The van der Waals surface area contributed by atoms with Crippen LogP contribution in [0.4, 0.5) is 11.4 Å². The van der Waals surface area contributed by atoms with Crippen molar-refractivity contribution in [3.8, 4) is 0 Å². The number of benzene rings is 2. The van der Waals surface area contributed by atoms with Gasteiger partial charge in [0.05, 0.1) is 9.85 Å². The molecule has 0 aliphatic carbocycles. The van der Waals surface area contributed by atoms with Crippen LogP contribution in [-0.2, 0) is 12.8 Å². The Balaban J connectivity index is 1.93. The molecule has 6 heteroatoms. The van der Waals surface area contributed by atoms with Gasteiger partial charge in [-0.3, -0.25) is 20.2 Å². The van der Waals surface area contributed by atoms with Crippen LogP contribution in [-0.4, -0.2) is 9.85 Å². The summed E-state index contributed by atoms with van der Waals surface area (Å²) in [7, 11) is 0. The van der Waals surface area contributed by atoms with Gasteiger partial charge in [0.25, 0.3) is 11.4 Å². The zero-order valence-corrected chi connectivity index (χ0v) is 12.0. The van der Waals surface area contributed by atoms with Crippen molar-refractivity contribution in [2.45, 2.75) is 25.7 Å². The van der Waals surface area contributed by atoms with E-state index in [9.17, 15) is 20.2 Å². The lowest BCUT2D eigenvalue weighted by Crippen LogP contribution is -1.98. The lowest BCUT2D eigenvalue weighted by molar-refractivity contribution is -0.385. The lowest BCUT2D eigenvalue weighted by atomic mass is 10.0. The van der Waals surface area contributed by atoms with Crippen LogP contribution in [0.2, 0.25) is 0 Å². The van der Waals surface area contributed by atoms with Crippen molar-refractivity contribution >= 4 is 11.4 Å². The summed E-state index contributed by atoms with van der Waals surface area (Å²) >= 11 is 0. The van der Waals surface area contributed by atoms with Gasteiger partial charge in [0.2, 0.25) is 0 Å². The predicted molar refractivity (Wildman–Crippen MR) is 82.8 cm³/mol. The van der Waals surface area contributed by atoms with Gasteiger partial charge >= 0.3 is 0 Å². The third kappa shape index (κ3) is 3.88. The van der Waals surface area contributed by atoms with Gasteiger partial charge in [-0.05, 0) is 25.7 Å². The number of hydrogen-bond acceptors (Lipinski definition) is 4. The molecule has 0 aliphatic rings. The van der Waals surface area contributed by atoms with Gasteiger partial charge in [0.15, 0.2) is 0 Å². The molecule has 2 aromatic carbocycles. The summed E-state index contributed by atoms with van der Waals surface area (Å²) < 4.78 is 0. The molecule has 114 valence electrons. The van der Waals surface area contributed by atoms with E-state index in [0.29, 0.717) is 24.0 Å². The van der Waals surface area contributed by atoms with Crippen LogP contribution in [0.25, 0.3) is 0 Å². The molecule has 0 unspecified atom stereocenters. The number of hydrogen-bond donors (Lipinski definition) is 0. The first kappa shape index (κ1) is 15.6. The minimum atomic E-state index is -0.378. The third-order valence-corrected chi connectivity index (χ3v) is 3.52. The number of nitro benzene ring substituents is 2. The van der Waals surface area contributed by atoms with Crippen molar-refractivity contribution in [3.05, 3.63) is 79.9 Å². The first-order valence-electron chi connectivity index (χ1n) is 7.04. The Hall–Kier alpha value is -2.76. The van der Waals surface area contributed by atoms with Gasteiger partial charge in [-0.2, -0.15) is 0 Å². The highest BCUT2D eigenvalue weighted by molar-refractivity contribution is 5.40. The molecule has 22 heavy (non-hydrogen) atoms. The van der Waals surface area contributed by atoms with E-state index >= 15 is 0 Å². The third-order valence-electron chi connectivity index (χ3n) is 3.52. The lowest BCUT2D eigenvalue weighted by Gasteiger charge is -2.04. The second-order valence-electron chi connectivity index (χ2n) is 4.98. The molecule has 0 spiro atoms. The van der Waals surface area contributed by atoms with Crippen molar-refractivity contribution in [1.29, 1.82) is 0 Å². The molecule has 0 radical (unpaired) electrons. The normalized spacial score (nSPS) is 10.4. The average Bonchev–Trinajstić information content (AvgIpc) is 2.52. The summed E-state index contributed by atoms with van der Waals surface area (Å²) in [4.78, 5) is 21.1. The number of nitrogens with zero attached hydrogens (tertiary/aromatic N) is 2. The summed E-state index contributed by atoms with van der Waals surface area (Å²) in [6.45, 7) is 0. The van der Waals surface area contributed by atoms with Gasteiger partial charge in [-0.1, -0.05) is 36.4 Å². The molecular formula is C16H16N2O4. The monoisotopic (exact) mass is 300 g/mol. The molecule has 0 heterocycles. The Morgan fingerprint density at radius 1 is 0.682 bits per heavy atom. The van der Waals surface area contributed by atoms with E-state index < -0.39 is 0 Å². The van der Waals surface area contributed by atoms with E-state index in [4.69, 9.17) is 0 Å². The summed E-state index contributed by atoms with van der Waals surface area (Å²) in [5, 5.41) is 21.9. The fourth-order valence-electron chi connectivity index (χ4n) is 2.43. The molecule has 0 fully saturated rings. The molecule has 0 aromatic heterocycles. The maximum Gasteiger partial charge on any atom is 0.272 e. The zero-order chi connectivity index (χ0) is 15.9. The van der Waals surface area contributed by atoms with Gasteiger partial charge in [-0.25, -0.2) is 0 Å². The second kappa shape index (κ2) is 7.31. The van der Waals surface area contributed by atoms with Crippen molar-refractivity contribution in [1.82, 2.24) is 0 Å². The fraction of sp³-hybridized carbons (Fsp3) is 0.250. The maximum absolute atomic E-state index is 10.9. The van der Waals surface area contributed by atoms with Crippen molar-refractivity contribution in [3.63, 3.8) is 0 Å². The minimum Gasteiger partial charge on any atom is -0.258 e. The number of aryl methyl sites for hydroxylation is 2. The molecule has 2 aromatic rings. The van der Waals surface area contributed by atoms with Crippen molar-refractivity contribution in [2.75, 3.05) is 0 Å². The first-order chi connectivity index (χ1) is 10.6. The quantitative estimate of drug-likeness (QED) is 0.438. The largest absolute Gasteiger partial charge is 0.272 e. The van der Waals surface area contributed by atoms with E-state index in [1.807, 2.05) is 0 Å². The highest BCUT2D eigenvalue weighted by atomic mass is 16.6. The van der Waals surface area contributed by atoms with Crippen LogP contribution in [0.15, 0.2) is 48.5 Å². The zero-order valence-electron chi connectivity index (χ0n) is 12.0. The first-order valence-corrected chi connectivity index (χ1v) is 7.04. The molecule has 0 N–H and O–H groups in total. The fourth-order valence-corrected chi connectivity index (χ4v) is 2.43. The molecular weight excluding hydrogens is 284 g/mol. The summed E-state index contributed by atoms with van der Waals surface area (Å²) in [5.41, 5.74) is 1.67. The molecule has 0 bridgehead atoms. The Kier molecular flexibility index (Phi) is 5.19. The van der Waals surface area contributed by atoms with Crippen LogP contribution in [0.3, 0.4) is 0 Å². The standard InChI is InChI=1S/C16H16N2O4/c19-17(20)15-11-5-3-9-13(15)7-1-2-8-14-10-4-6-12-16(14)18(21)22/h3-6,9-12H,1-2,7-8H2. The van der Waals surface area contributed by atoms with E-state index in [2.05, 4.69) is 0 Å². The van der Waals surface area contributed by atoms with Crippen LogP contribution >= 0.6 is 0 Å². The van der Waals surface area contributed by atoms with Crippen LogP contribution in [0, 0.1) is 20.2 Å². The number of para-hydroxylation sites is 2. The molecule has 0 amide bonds. The highest BCUT2D eigenvalue weighted by Crippen LogP contribution is 2.22. The number of rotatable bonds is 7. The number of nitro groups is 2. The topological polar surface area (TPSA) is 86.3 Å². The number of unbranched alkanes of at least 4 members (excludes halogenated alkanes) is 1. The maximum atomic E-state index is 10.9. The molecule has 0 saturated heterocycles. The molecule has 6 nitrogen and oxygen atoms in total.